The van der Waals surface area contributed by atoms with Gasteiger partial charge in [-0.2, -0.15) is 8.78 Å². The minimum Gasteiger partial charge on any atom is -0.490 e. The number of nitrogens with zero attached hydrogens (tertiary/aromatic N) is 2. The van der Waals surface area contributed by atoms with E-state index in [1.807, 2.05) is 24.3 Å². The van der Waals surface area contributed by atoms with Gasteiger partial charge in [0.25, 0.3) is 0 Å². The summed E-state index contributed by atoms with van der Waals surface area (Å²) in [5.41, 5.74) is 2.46. The fourth-order valence-corrected chi connectivity index (χ4v) is 2.36. The van der Waals surface area contributed by atoms with E-state index in [1.165, 1.54) is 6.07 Å². The van der Waals surface area contributed by atoms with Crippen LogP contribution in [0.3, 0.4) is 0 Å². The molecule has 0 saturated carbocycles. The third kappa shape index (κ3) is 4.32. The summed E-state index contributed by atoms with van der Waals surface area (Å²) in [7, 11) is 0. The van der Waals surface area contributed by atoms with E-state index in [4.69, 9.17) is 4.74 Å². The molecule has 1 N–H and O–H groups in total. The van der Waals surface area contributed by atoms with E-state index in [1.54, 1.807) is 25.3 Å². The molecule has 5 nitrogen and oxygen atoms in total. The van der Waals surface area contributed by atoms with E-state index in [2.05, 4.69) is 20.0 Å². The number of halogens is 2. The fourth-order valence-electron chi connectivity index (χ4n) is 2.36. The smallest absolute Gasteiger partial charge is 0.387 e. The number of rotatable bonds is 7. The van der Waals surface area contributed by atoms with Crippen molar-refractivity contribution >= 4 is 16.9 Å². The van der Waals surface area contributed by atoms with Crippen LogP contribution in [0, 0.1) is 0 Å². The summed E-state index contributed by atoms with van der Waals surface area (Å²) in [6.07, 6.45) is 1.65. The van der Waals surface area contributed by atoms with Crippen LogP contribution in [-0.2, 0) is 6.54 Å². The lowest BCUT2D eigenvalue weighted by atomic mass is 10.2. The molecule has 0 atom stereocenters. The van der Waals surface area contributed by atoms with Crippen LogP contribution in [0.2, 0.25) is 0 Å². The molecular weight excluding hydrogens is 328 g/mol. The Hall–Kier alpha value is -2.96. The minimum atomic E-state index is -2.89. The summed E-state index contributed by atoms with van der Waals surface area (Å²) in [4.78, 5) is 8.81. The lowest BCUT2D eigenvalue weighted by Crippen LogP contribution is -2.06. The molecule has 0 fully saturated rings. The van der Waals surface area contributed by atoms with Crippen molar-refractivity contribution in [3.05, 3.63) is 54.2 Å². The molecule has 1 heterocycles. The number of hydrogen-bond acceptors (Lipinski definition) is 5. The predicted octanol–water partition coefficient (Wildman–Crippen LogP) is 4.24. The van der Waals surface area contributed by atoms with Crippen molar-refractivity contribution in [2.45, 2.75) is 20.1 Å². The molecular formula is C18H17F2N3O2. The van der Waals surface area contributed by atoms with Crippen LogP contribution in [0.4, 0.5) is 14.6 Å². The van der Waals surface area contributed by atoms with Gasteiger partial charge in [-0.1, -0.05) is 18.2 Å². The normalized spacial score (nSPS) is 10.9. The summed E-state index contributed by atoms with van der Waals surface area (Å²) in [6, 6.07) is 12.4. The van der Waals surface area contributed by atoms with Gasteiger partial charge >= 0.3 is 6.61 Å². The van der Waals surface area contributed by atoms with E-state index < -0.39 is 6.61 Å². The fraction of sp³-hybridized carbons (Fsp3) is 0.222. The highest BCUT2D eigenvalue weighted by Crippen LogP contribution is 2.30. The number of benzene rings is 2. The average Bonchev–Trinajstić information content (AvgIpc) is 2.61. The van der Waals surface area contributed by atoms with E-state index in [0.717, 1.165) is 16.6 Å². The molecule has 0 bridgehead atoms. The maximum Gasteiger partial charge on any atom is 0.387 e. The van der Waals surface area contributed by atoms with E-state index >= 15 is 0 Å². The van der Waals surface area contributed by atoms with Crippen molar-refractivity contribution in [1.29, 1.82) is 0 Å². The summed E-state index contributed by atoms with van der Waals surface area (Å²) in [5.74, 6) is 0.933. The molecule has 0 aliphatic heterocycles. The van der Waals surface area contributed by atoms with Gasteiger partial charge in [0.2, 0.25) is 0 Å². The maximum absolute atomic E-state index is 12.4. The molecule has 0 unspecified atom stereocenters. The zero-order valence-electron chi connectivity index (χ0n) is 13.6. The molecule has 0 amide bonds. The summed E-state index contributed by atoms with van der Waals surface area (Å²) >= 11 is 0. The molecule has 3 rings (SSSR count). The topological polar surface area (TPSA) is 56.3 Å². The van der Waals surface area contributed by atoms with Gasteiger partial charge in [0.05, 0.1) is 23.8 Å². The van der Waals surface area contributed by atoms with Crippen LogP contribution in [0.15, 0.2) is 48.7 Å². The Morgan fingerprint density at radius 1 is 1.08 bits per heavy atom. The summed E-state index contributed by atoms with van der Waals surface area (Å²) < 4.78 is 34.7. The predicted molar refractivity (Wildman–Crippen MR) is 91.1 cm³/mol. The SMILES string of the molecule is CCOc1cc(CNc2cnc3ccccc3n2)ccc1OC(F)F. The highest BCUT2D eigenvalue weighted by Gasteiger charge is 2.11. The van der Waals surface area contributed by atoms with Crippen molar-refractivity contribution in [2.24, 2.45) is 0 Å². The molecule has 2 aromatic carbocycles. The van der Waals surface area contributed by atoms with Gasteiger partial charge in [0, 0.05) is 6.54 Å². The zero-order valence-corrected chi connectivity index (χ0v) is 13.6. The molecule has 0 saturated heterocycles. The molecule has 0 aliphatic carbocycles. The first-order valence-electron chi connectivity index (χ1n) is 7.82. The van der Waals surface area contributed by atoms with Gasteiger partial charge in [-0.25, -0.2) is 4.98 Å². The van der Waals surface area contributed by atoms with Gasteiger partial charge in [-0.05, 0) is 36.8 Å². The van der Waals surface area contributed by atoms with E-state index in [9.17, 15) is 8.78 Å². The third-order valence-corrected chi connectivity index (χ3v) is 3.45. The molecule has 3 aromatic rings. The lowest BCUT2D eigenvalue weighted by molar-refractivity contribution is -0.0514. The molecule has 130 valence electrons. The van der Waals surface area contributed by atoms with Crippen molar-refractivity contribution in [1.82, 2.24) is 9.97 Å². The molecule has 0 spiro atoms. The Morgan fingerprint density at radius 2 is 1.88 bits per heavy atom. The number of nitrogens with one attached hydrogen (secondary N) is 1. The van der Waals surface area contributed by atoms with Crippen molar-refractivity contribution in [3.63, 3.8) is 0 Å². The Morgan fingerprint density at radius 3 is 2.64 bits per heavy atom. The van der Waals surface area contributed by atoms with Crippen LogP contribution in [0.5, 0.6) is 11.5 Å². The third-order valence-electron chi connectivity index (χ3n) is 3.45. The quantitative estimate of drug-likeness (QED) is 0.694. The van der Waals surface area contributed by atoms with Crippen LogP contribution in [-0.4, -0.2) is 23.2 Å². The summed E-state index contributed by atoms with van der Waals surface area (Å²) in [5, 5.41) is 3.16. The lowest BCUT2D eigenvalue weighted by Gasteiger charge is -2.13. The first-order valence-corrected chi connectivity index (χ1v) is 7.82. The Kier molecular flexibility index (Phi) is 5.23. The summed E-state index contributed by atoms with van der Waals surface area (Å²) in [6.45, 7) is -0.313. The number of hydrogen-bond donors (Lipinski definition) is 1. The molecule has 25 heavy (non-hydrogen) atoms. The Labute approximate surface area is 143 Å². The highest BCUT2D eigenvalue weighted by atomic mass is 19.3. The minimum absolute atomic E-state index is 0.0195. The van der Waals surface area contributed by atoms with Gasteiger partial charge in [-0.15, -0.1) is 0 Å². The van der Waals surface area contributed by atoms with Gasteiger partial charge in [0.1, 0.15) is 5.82 Å². The second kappa shape index (κ2) is 7.74. The second-order valence-corrected chi connectivity index (χ2v) is 5.19. The first-order chi connectivity index (χ1) is 12.2. The average molecular weight is 345 g/mol. The monoisotopic (exact) mass is 345 g/mol. The van der Waals surface area contributed by atoms with Gasteiger partial charge in [-0.3, -0.25) is 4.98 Å². The van der Waals surface area contributed by atoms with E-state index in [-0.39, 0.29) is 11.5 Å². The van der Waals surface area contributed by atoms with Crippen LogP contribution in [0.1, 0.15) is 12.5 Å². The Bertz CT molecular complexity index is 859. The zero-order chi connectivity index (χ0) is 17.6. The largest absolute Gasteiger partial charge is 0.490 e. The standard InChI is InChI=1S/C18H17F2N3O2/c1-2-24-16-9-12(7-8-15(16)25-18(19)20)10-22-17-11-21-13-5-3-4-6-14(13)23-17/h3-9,11,18H,2,10H2,1H3,(H,22,23). The van der Waals surface area contributed by atoms with Crippen LogP contribution >= 0.6 is 0 Å². The van der Waals surface area contributed by atoms with Crippen LogP contribution < -0.4 is 14.8 Å². The molecule has 0 aliphatic rings. The molecule has 7 heteroatoms. The van der Waals surface area contributed by atoms with Gasteiger partial charge in [0.15, 0.2) is 11.5 Å². The second-order valence-electron chi connectivity index (χ2n) is 5.19. The molecule has 0 radical (unpaired) electrons. The number of alkyl halides is 2. The Balaban J connectivity index is 1.74. The molecule has 1 aromatic heterocycles. The van der Waals surface area contributed by atoms with Crippen molar-refractivity contribution in [3.8, 4) is 11.5 Å². The number of aromatic nitrogens is 2. The number of para-hydroxylation sites is 2. The number of ether oxygens (including phenoxy) is 2. The highest BCUT2D eigenvalue weighted by molar-refractivity contribution is 5.75. The van der Waals surface area contributed by atoms with E-state index in [0.29, 0.717) is 19.0 Å². The first kappa shape index (κ1) is 16.9. The van der Waals surface area contributed by atoms with Crippen molar-refractivity contribution < 1.29 is 18.3 Å². The van der Waals surface area contributed by atoms with Crippen molar-refractivity contribution in [2.75, 3.05) is 11.9 Å². The van der Waals surface area contributed by atoms with Crippen LogP contribution in [0.25, 0.3) is 11.0 Å². The number of fused-ring (bicyclic) bond motifs is 1. The number of anilines is 1. The van der Waals surface area contributed by atoms with Gasteiger partial charge < -0.3 is 14.8 Å². The maximum atomic E-state index is 12.4.